The third-order valence-electron chi connectivity index (χ3n) is 1.94. The summed E-state index contributed by atoms with van der Waals surface area (Å²) in [6.45, 7) is 6.18. The highest BCUT2D eigenvalue weighted by atomic mass is 16.3. The van der Waals surface area contributed by atoms with E-state index >= 15 is 0 Å². The molecular weight excluding hydrogens is 200 g/mol. The second-order valence-corrected chi connectivity index (χ2v) is 4.85. The van der Waals surface area contributed by atoms with Crippen molar-refractivity contribution in [2.45, 2.75) is 40.0 Å². The highest BCUT2D eigenvalue weighted by Gasteiger charge is 2.05. The van der Waals surface area contributed by atoms with Crippen LogP contribution in [0.5, 0.6) is 0 Å². The molecular formula is C14H18O2. The maximum atomic E-state index is 11.5. The van der Waals surface area contributed by atoms with Crippen LogP contribution in [-0.2, 0) is 11.2 Å². The highest BCUT2D eigenvalue weighted by molar-refractivity contribution is 5.80. The Labute approximate surface area is 97.0 Å². The van der Waals surface area contributed by atoms with Crippen LogP contribution in [0, 0.1) is 17.3 Å². The lowest BCUT2D eigenvalue weighted by Gasteiger charge is -2.06. The summed E-state index contributed by atoms with van der Waals surface area (Å²) in [5, 5.41) is 0. The number of carbonyl (C=O) groups excluding carboxylic acids is 1. The van der Waals surface area contributed by atoms with Gasteiger partial charge in [-0.1, -0.05) is 5.92 Å². The first-order valence-electron chi connectivity index (χ1n) is 5.51. The lowest BCUT2D eigenvalue weighted by molar-refractivity contribution is -0.118. The topological polar surface area (TPSA) is 30.2 Å². The molecule has 0 spiro atoms. The maximum Gasteiger partial charge on any atom is 0.141 e. The van der Waals surface area contributed by atoms with Crippen molar-refractivity contribution in [2.24, 2.45) is 5.41 Å². The van der Waals surface area contributed by atoms with E-state index in [0.717, 1.165) is 5.76 Å². The van der Waals surface area contributed by atoms with Gasteiger partial charge in [0.15, 0.2) is 0 Å². The Morgan fingerprint density at radius 3 is 2.75 bits per heavy atom. The standard InChI is InChI=1S/C14H18O2/c1-14(2,3)9-5-4-7-12(15)11-13-8-6-10-16-13/h6,8,10H,4,7,11H2,1-3H3. The van der Waals surface area contributed by atoms with Crippen molar-refractivity contribution in [1.82, 2.24) is 0 Å². The molecule has 2 nitrogen and oxygen atoms in total. The van der Waals surface area contributed by atoms with Crippen LogP contribution >= 0.6 is 0 Å². The molecule has 0 bridgehead atoms. The van der Waals surface area contributed by atoms with Gasteiger partial charge in [0, 0.05) is 18.3 Å². The number of ketones is 1. The van der Waals surface area contributed by atoms with Gasteiger partial charge in [-0.15, -0.1) is 5.92 Å². The number of hydrogen-bond donors (Lipinski definition) is 0. The van der Waals surface area contributed by atoms with Crippen LogP contribution in [0.2, 0.25) is 0 Å². The predicted molar refractivity (Wildman–Crippen MR) is 63.9 cm³/mol. The van der Waals surface area contributed by atoms with Crippen LogP contribution in [0.1, 0.15) is 39.4 Å². The van der Waals surface area contributed by atoms with Crippen LogP contribution in [0.15, 0.2) is 22.8 Å². The molecule has 0 unspecified atom stereocenters. The highest BCUT2D eigenvalue weighted by Crippen LogP contribution is 2.10. The number of furan rings is 1. The second-order valence-electron chi connectivity index (χ2n) is 4.85. The molecule has 86 valence electrons. The van der Waals surface area contributed by atoms with E-state index in [1.807, 2.05) is 6.07 Å². The Morgan fingerprint density at radius 2 is 2.19 bits per heavy atom. The van der Waals surface area contributed by atoms with E-state index in [1.54, 1.807) is 12.3 Å². The molecule has 0 aliphatic heterocycles. The molecule has 0 radical (unpaired) electrons. The minimum atomic E-state index is 0.0179. The Morgan fingerprint density at radius 1 is 1.44 bits per heavy atom. The first-order valence-corrected chi connectivity index (χ1v) is 5.51. The molecule has 1 aromatic heterocycles. The predicted octanol–water partition coefficient (Wildman–Crippen LogP) is 3.22. The number of carbonyl (C=O) groups is 1. The summed E-state index contributed by atoms with van der Waals surface area (Å²) in [7, 11) is 0. The molecule has 1 heterocycles. The third kappa shape index (κ3) is 5.41. The van der Waals surface area contributed by atoms with Gasteiger partial charge in [-0.3, -0.25) is 4.79 Å². The Balaban J connectivity index is 2.28. The molecule has 0 saturated carbocycles. The molecule has 0 atom stereocenters. The summed E-state index contributed by atoms with van der Waals surface area (Å²) in [6, 6.07) is 3.61. The molecule has 0 aromatic carbocycles. The van der Waals surface area contributed by atoms with Gasteiger partial charge in [0.1, 0.15) is 11.5 Å². The Kier molecular flexibility index (Phi) is 4.37. The summed E-state index contributed by atoms with van der Waals surface area (Å²) in [4.78, 5) is 11.5. The van der Waals surface area contributed by atoms with E-state index in [2.05, 4.69) is 32.6 Å². The lowest BCUT2D eigenvalue weighted by Crippen LogP contribution is -2.02. The van der Waals surface area contributed by atoms with Gasteiger partial charge in [-0.05, 0) is 32.9 Å². The van der Waals surface area contributed by atoms with Crippen molar-refractivity contribution in [1.29, 1.82) is 0 Å². The maximum absolute atomic E-state index is 11.5. The average molecular weight is 218 g/mol. The summed E-state index contributed by atoms with van der Waals surface area (Å²) >= 11 is 0. The van der Waals surface area contributed by atoms with E-state index in [4.69, 9.17) is 4.42 Å². The molecule has 1 aromatic rings. The fourth-order valence-electron chi connectivity index (χ4n) is 1.23. The lowest BCUT2D eigenvalue weighted by atomic mass is 9.97. The monoisotopic (exact) mass is 218 g/mol. The molecule has 0 aliphatic rings. The SMILES string of the molecule is CC(C)(C)C#CCCC(=O)Cc1ccco1. The van der Waals surface area contributed by atoms with Gasteiger partial charge in [-0.2, -0.15) is 0 Å². The van der Waals surface area contributed by atoms with Gasteiger partial charge in [-0.25, -0.2) is 0 Å². The van der Waals surface area contributed by atoms with E-state index < -0.39 is 0 Å². The molecule has 0 N–H and O–H groups in total. The average Bonchev–Trinajstić information content (AvgIpc) is 2.63. The van der Waals surface area contributed by atoms with Crippen LogP contribution in [0.3, 0.4) is 0 Å². The number of hydrogen-bond acceptors (Lipinski definition) is 2. The first kappa shape index (κ1) is 12.6. The zero-order valence-corrected chi connectivity index (χ0v) is 10.2. The fraction of sp³-hybridized carbons (Fsp3) is 0.500. The van der Waals surface area contributed by atoms with Crippen molar-refractivity contribution in [3.8, 4) is 11.8 Å². The Hall–Kier alpha value is -1.49. The summed E-state index contributed by atoms with van der Waals surface area (Å²) in [5.41, 5.74) is 0.0179. The summed E-state index contributed by atoms with van der Waals surface area (Å²) in [6.07, 6.45) is 3.10. The van der Waals surface area contributed by atoms with Gasteiger partial charge < -0.3 is 4.42 Å². The van der Waals surface area contributed by atoms with Gasteiger partial charge >= 0.3 is 0 Å². The zero-order valence-electron chi connectivity index (χ0n) is 10.2. The third-order valence-corrected chi connectivity index (χ3v) is 1.94. The van der Waals surface area contributed by atoms with Gasteiger partial charge in [0.2, 0.25) is 0 Å². The van der Waals surface area contributed by atoms with Crippen LogP contribution in [0.4, 0.5) is 0 Å². The minimum absolute atomic E-state index is 0.0179. The van der Waals surface area contributed by atoms with Crippen molar-refractivity contribution < 1.29 is 9.21 Å². The van der Waals surface area contributed by atoms with Crippen LogP contribution in [0.25, 0.3) is 0 Å². The van der Waals surface area contributed by atoms with E-state index in [9.17, 15) is 4.79 Å². The van der Waals surface area contributed by atoms with Crippen LogP contribution < -0.4 is 0 Å². The van der Waals surface area contributed by atoms with Crippen molar-refractivity contribution in [3.05, 3.63) is 24.2 Å². The fourth-order valence-corrected chi connectivity index (χ4v) is 1.23. The molecule has 2 heteroatoms. The van der Waals surface area contributed by atoms with Crippen LogP contribution in [-0.4, -0.2) is 5.78 Å². The smallest absolute Gasteiger partial charge is 0.141 e. The molecule has 16 heavy (non-hydrogen) atoms. The quantitative estimate of drug-likeness (QED) is 0.726. The number of rotatable bonds is 4. The minimum Gasteiger partial charge on any atom is -0.469 e. The van der Waals surface area contributed by atoms with Gasteiger partial charge in [0.05, 0.1) is 12.7 Å². The largest absolute Gasteiger partial charge is 0.469 e. The molecule has 0 amide bonds. The zero-order chi connectivity index (χ0) is 12.0. The van der Waals surface area contributed by atoms with Crippen molar-refractivity contribution >= 4 is 5.78 Å². The van der Waals surface area contributed by atoms with E-state index in [-0.39, 0.29) is 11.2 Å². The molecule has 1 rings (SSSR count). The van der Waals surface area contributed by atoms with Crippen molar-refractivity contribution in [2.75, 3.05) is 0 Å². The normalized spacial score (nSPS) is 10.7. The van der Waals surface area contributed by atoms with E-state index in [1.165, 1.54) is 0 Å². The Bertz CT molecular complexity index is 383. The second kappa shape index (κ2) is 5.55. The van der Waals surface area contributed by atoms with Gasteiger partial charge in [0.25, 0.3) is 0 Å². The molecule has 0 saturated heterocycles. The molecule has 0 aliphatic carbocycles. The number of Topliss-reactive ketones (excluding diaryl/α,β-unsaturated/α-hetero) is 1. The van der Waals surface area contributed by atoms with E-state index in [0.29, 0.717) is 19.3 Å². The first-order chi connectivity index (χ1) is 7.47. The summed E-state index contributed by atoms with van der Waals surface area (Å²) in [5.74, 6) is 7.05. The molecule has 0 fully saturated rings. The van der Waals surface area contributed by atoms with Crippen molar-refractivity contribution in [3.63, 3.8) is 0 Å². The summed E-state index contributed by atoms with van der Waals surface area (Å²) < 4.78 is 5.11.